The van der Waals surface area contributed by atoms with Gasteiger partial charge in [-0.2, -0.15) is 0 Å². The number of anilines is 1. The Hall–Kier alpha value is -2.31. The van der Waals surface area contributed by atoms with Gasteiger partial charge in [0.25, 0.3) is 5.69 Å². The van der Waals surface area contributed by atoms with Crippen molar-refractivity contribution in [2.75, 3.05) is 25.7 Å². The van der Waals surface area contributed by atoms with Gasteiger partial charge in [0.1, 0.15) is 17.0 Å². The summed E-state index contributed by atoms with van der Waals surface area (Å²) in [5.74, 6) is -0.372. The topological polar surface area (TPSA) is 81.9 Å². The third kappa shape index (κ3) is 2.98. The van der Waals surface area contributed by atoms with E-state index in [1.165, 1.54) is 20.3 Å². The van der Waals surface area contributed by atoms with Crippen molar-refractivity contribution in [3.05, 3.63) is 27.8 Å². The Morgan fingerprint density at radius 1 is 1.36 bits per heavy atom. The van der Waals surface area contributed by atoms with Gasteiger partial charge < -0.3 is 14.4 Å². The second-order valence-corrected chi connectivity index (χ2v) is 5.33. The first-order valence-electron chi connectivity index (χ1n) is 7.21. The molecule has 1 aliphatic heterocycles. The van der Waals surface area contributed by atoms with E-state index in [1.807, 2.05) is 11.8 Å². The summed E-state index contributed by atoms with van der Waals surface area (Å²) in [5.41, 5.74) is 0.446. The first-order chi connectivity index (χ1) is 10.5. The highest BCUT2D eigenvalue weighted by atomic mass is 16.6. The summed E-state index contributed by atoms with van der Waals surface area (Å²) >= 11 is 0. The average Bonchev–Trinajstić information content (AvgIpc) is 2.53. The van der Waals surface area contributed by atoms with Gasteiger partial charge in [-0.25, -0.2) is 4.79 Å². The fourth-order valence-corrected chi connectivity index (χ4v) is 2.83. The maximum absolute atomic E-state index is 11.8. The Bertz CT molecular complexity index is 588. The van der Waals surface area contributed by atoms with E-state index in [1.54, 1.807) is 6.07 Å². The number of carbonyl (C=O) groups is 1. The zero-order valence-corrected chi connectivity index (χ0v) is 13.0. The predicted octanol–water partition coefficient (Wildman–Crippen LogP) is 2.77. The smallest absolute Gasteiger partial charge is 0.341 e. The van der Waals surface area contributed by atoms with Crippen LogP contribution in [0.5, 0.6) is 5.75 Å². The van der Waals surface area contributed by atoms with Gasteiger partial charge in [0.05, 0.1) is 19.1 Å². The van der Waals surface area contributed by atoms with Gasteiger partial charge in [-0.05, 0) is 26.2 Å². The molecule has 1 aromatic rings. The van der Waals surface area contributed by atoms with Gasteiger partial charge in [-0.1, -0.05) is 0 Å². The fourth-order valence-electron chi connectivity index (χ4n) is 2.83. The highest BCUT2D eigenvalue weighted by molar-refractivity contribution is 5.95. The molecular formula is C15H20N2O5. The van der Waals surface area contributed by atoms with Crippen molar-refractivity contribution in [1.82, 2.24) is 0 Å². The number of nitrogens with zero attached hydrogens (tertiary/aromatic N) is 2. The van der Waals surface area contributed by atoms with Gasteiger partial charge in [0.15, 0.2) is 0 Å². The summed E-state index contributed by atoms with van der Waals surface area (Å²) < 4.78 is 9.88. The molecule has 0 unspecified atom stereocenters. The van der Waals surface area contributed by atoms with E-state index < -0.39 is 10.9 Å². The van der Waals surface area contributed by atoms with Gasteiger partial charge in [-0.3, -0.25) is 10.1 Å². The minimum Gasteiger partial charge on any atom is -0.496 e. The number of esters is 1. The fraction of sp³-hybridized carbons (Fsp3) is 0.533. The summed E-state index contributed by atoms with van der Waals surface area (Å²) in [7, 11) is 2.66. The molecule has 0 aliphatic carbocycles. The Morgan fingerprint density at radius 3 is 2.64 bits per heavy atom. The molecule has 0 bridgehead atoms. The Kier molecular flexibility index (Phi) is 4.85. The SMILES string of the molecule is COC(=O)c1cc([N+](=O)[O-])c(N2CCCC[C@@H]2C)cc1OC. The summed E-state index contributed by atoms with van der Waals surface area (Å²) in [6.45, 7) is 2.80. The second-order valence-electron chi connectivity index (χ2n) is 5.33. The molecule has 22 heavy (non-hydrogen) atoms. The minimum absolute atomic E-state index is 0.0603. The van der Waals surface area contributed by atoms with Crippen molar-refractivity contribution in [3.63, 3.8) is 0 Å². The lowest BCUT2D eigenvalue weighted by atomic mass is 10.0. The minimum atomic E-state index is -0.654. The standard InChI is InChI=1S/C15H20N2O5/c1-10-6-4-5-7-16(10)12-9-14(21-2)11(15(18)22-3)8-13(12)17(19)20/h8-10H,4-7H2,1-3H3/t10-/m0/s1. The van der Waals surface area contributed by atoms with Crippen LogP contribution in [-0.2, 0) is 4.74 Å². The number of benzene rings is 1. The molecule has 1 atom stereocenters. The molecular weight excluding hydrogens is 288 g/mol. The van der Waals surface area contributed by atoms with Crippen molar-refractivity contribution >= 4 is 17.3 Å². The first-order valence-corrected chi connectivity index (χ1v) is 7.21. The van der Waals surface area contributed by atoms with E-state index in [2.05, 4.69) is 4.74 Å². The van der Waals surface area contributed by atoms with E-state index in [9.17, 15) is 14.9 Å². The van der Waals surface area contributed by atoms with E-state index >= 15 is 0 Å². The van der Waals surface area contributed by atoms with Crippen molar-refractivity contribution in [1.29, 1.82) is 0 Å². The van der Waals surface area contributed by atoms with Crippen LogP contribution < -0.4 is 9.64 Å². The van der Waals surface area contributed by atoms with Crippen molar-refractivity contribution in [2.24, 2.45) is 0 Å². The monoisotopic (exact) mass is 308 g/mol. The highest BCUT2D eigenvalue weighted by Crippen LogP contribution is 2.38. The molecule has 0 spiro atoms. The van der Waals surface area contributed by atoms with Crippen LogP contribution in [-0.4, -0.2) is 37.7 Å². The summed E-state index contributed by atoms with van der Waals surface area (Å²) in [4.78, 5) is 24.7. The Balaban J connectivity index is 2.57. The summed E-state index contributed by atoms with van der Waals surface area (Å²) in [6.07, 6.45) is 3.09. The molecule has 1 aromatic carbocycles. The summed E-state index contributed by atoms with van der Waals surface area (Å²) in [5, 5.41) is 11.4. The number of nitro benzene ring substituents is 1. The zero-order valence-electron chi connectivity index (χ0n) is 13.0. The molecule has 0 radical (unpaired) electrons. The molecule has 0 saturated carbocycles. The molecule has 1 saturated heterocycles. The predicted molar refractivity (Wildman–Crippen MR) is 81.6 cm³/mol. The number of rotatable bonds is 4. The third-order valence-corrected chi connectivity index (χ3v) is 4.01. The normalized spacial score (nSPS) is 18.0. The van der Waals surface area contributed by atoms with E-state index in [0.29, 0.717) is 5.69 Å². The van der Waals surface area contributed by atoms with E-state index in [-0.39, 0.29) is 23.0 Å². The zero-order chi connectivity index (χ0) is 16.3. The highest BCUT2D eigenvalue weighted by Gasteiger charge is 2.29. The van der Waals surface area contributed by atoms with Crippen LogP contribution in [0.25, 0.3) is 0 Å². The van der Waals surface area contributed by atoms with Crippen molar-refractivity contribution in [3.8, 4) is 5.75 Å². The van der Waals surface area contributed by atoms with Crippen LogP contribution in [0, 0.1) is 10.1 Å². The van der Waals surface area contributed by atoms with Crippen LogP contribution in [0.15, 0.2) is 12.1 Å². The molecule has 0 aromatic heterocycles. The number of nitro groups is 1. The van der Waals surface area contributed by atoms with E-state index in [4.69, 9.17) is 4.74 Å². The Morgan fingerprint density at radius 2 is 2.09 bits per heavy atom. The lowest BCUT2D eigenvalue weighted by molar-refractivity contribution is -0.384. The molecule has 2 rings (SSSR count). The quantitative estimate of drug-likeness (QED) is 0.483. The van der Waals surface area contributed by atoms with Gasteiger partial charge >= 0.3 is 5.97 Å². The van der Waals surface area contributed by atoms with Crippen LogP contribution in [0.3, 0.4) is 0 Å². The molecule has 1 aliphatic rings. The lowest BCUT2D eigenvalue weighted by Gasteiger charge is -2.35. The van der Waals surface area contributed by atoms with Crippen molar-refractivity contribution in [2.45, 2.75) is 32.2 Å². The number of carbonyl (C=O) groups excluding carboxylic acids is 1. The largest absolute Gasteiger partial charge is 0.496 e. The molecule has 0 N–H and O–H groups in total. The van der Waals surface area contributed by atoms with E-state index in [0.717, 1.165) is 25.8 Å². The maximum atomic E-state index is 11.8. The lowest BCUT2D eigenvalue weighted by Crippen LogP contribution is -2.37. The number of hydrogen-bond acceptors (Lipinski definition) is 6. The number of piperidine rings is 1. The van der Waals surface area contributed by atoms with Crippen molar-refractivity contribution < 1.29 is 19.2 Å². The third-order valence-electron chi connectivity index (χ3n) is 4.01. The maximum Gasteiger partial charge on any atom is 0.341 e. The molecule has 1 heterocycles. The second kappa shape index (κ2) is 6.64. The van der Waals surface area contributed by atoms with Gasteiger partial charge in [0.2, 0.25) is 0 Å². The van der Waals surface area contributed by atoms with Crippen LogP contribution in [0.4, 0.5) is 11.4 Å². The molecule has 120 valence electrons. The van der Waals surface area contributed by atoms with Gasteiger partial charge in [-0.15, -0.1) is 0 Å². The number of methoxy groups -OCH3 is 2. The number of ether oxygens (including phenoxy) is 2. The average molecular weight is 308 g/mol. The summed E-state index contributed by atoms with van der Waals surface area (Å²) in [6, 6.07) is 3.01. The molecule has 7 nitrogen and oxygen atoms in total. The number of hydrogen-bond donors (Lipinski definition) is 0. The van der Waals surface area contributed by atoms with Gasteiger partial charge in [0, 0.05) is 24.7 Å². The Labute approximate surface area is 129 Å². The first kappa shape index (κ1) is 16.1. The molecule has 0 amide bonds. The van der Waals surface area contributed by atoms with Crippen LogP contribution >= 0.6 is 0 Å². The van der Waals surface area contributed by atoms with Crippen LogP contribution in [0.1, 0.15) is 36.5 Å². The molecule has 1 fully saturated rings. The molecule has 7 heteroatoms. The van der Waals surface area contributed by atoms with Crippen LogP contribution in [0.2, 0.25) is 0 Å².